The van der Waals surface area contributed by atoms with Crippen molar-refractivity contribution in [3.8, 4) is 0 Å². The molecule has 0 radical (unpaired) electrons. The van der Waals surface area contributed by atoms with Crippen LogP contribution < -0.4 is 10.2 Å². The number of benzene rings is 2. The van der Waals surface area contributed by atoms with Gasteiger partial charge in [-0.25, -0.2) is 0 Å². The number of rotatable bonds is 2. The van der Waals surface area contributed by atoms with Crippen molar-refractivity contribution in [1.29, 1.82) is 0 Å². The summed E-state index contributed by atoms with van der Waals surface area (Å²) < 4.78 is 1.14. The van der Waals surface area contributed by atoms with E-state index in [0.717, 1.165) is 24.1 Å². The second kappa shape index (κ2) is 5.98. The molecule has 2 aromatic carbocycles. The Morgan fingerprint density at radius 2 is 2.00 bits per heavy atom. The molecule has 0 amide bonds. The first-order chi connectivity index (χ1) is 9.75. The quantitative estimate of drug-likeness (QED) is 0.890. The second-order valence-electron chi connectivity index (χ2n) is 5.23. The average molecular weight is 331 g/mol. The van der Waals surface area contributed by atoms with Crippen LogP contribution in [0.1, 0.15) is 24.1 Å². The Balaban J connectivity index is 1.97. The van der Waals surface area contributed by atoms with Gasteiger partial charge in [-0.1, -0.05) is 46.3 Å². The number of para-hydroxylation sites is 1. The van der Waals surface area contributed by atoms with Gasteiger partial charge in [0.05, 0.1) is 6.04 Å². The summed E-state index contributed by atoms with van der Waals surface area (Å²) >= 11 is 3.57. The number of nitrogens with one attached hydrogen (secondary N) is 1. The van der Waals surface area contributed by atoms with Crippen molar-refractivity contribution in [2.24, 2.45) is 0 Å². The zero-order valence-corrected chi connectivity index (χ0v) is 13.2. The van der Waals surface area contributed by atoms with Crippen LogP contribution in [0, 0.1) is 0 Å². The van der Waals surface area contributed by atoms with Crippen LogP contribution in [0.4, 0.5) is 5.69 Å². The topological polar surface area (TPSA) is 15.3 Å². The molecule has 20 heavy (non-hydrogen) atoms. The lowest BCUT2D eigenvalue weighted by Gasteiger charge is -2.31. The second-order valence-corrected chi connectivity index (χ2v) is 6.15. The molecule has 3 heteroatoms. The Morgan fingerprint density at radius 1 is 1.15 bits per heavy atom. The summed E-state index contributed by atoms with van der Waals surface area (Å²) in [7, 11) is 0. The SMILES string of the molecule is CC(c1cccc(Br)c1)N1CCNCc2ccccc21. The molecule has 1 heterocycles. The first-order valence-electron chi connectivity index (χ1n) is 7.06. The largest absolute Gasteiger partial charge is 0.363 e. The van der Waals surface area contributed by atoms with Crippen molar-refractivity contribution in [3.05, 3.63) is 64.1 Å². The molecule has 1 aliphatic heterocycles. The van der Waals surface area contributed by atoms with Gasteiger partial charge in [-0.15, -0.1) is 0 Å². The minimum atomic E-state index is 0.369. The van der Waals surface area contributed by atoms with Gasteiger partial charge < -0.3 is 10.2 Å². The van der Waals surface area contributed by atoms with Gasteiger partial charge in [0, 0.05) is 29.8 Å². The Kier molecular flexibility index (Phi) is 4.08. The molecule has 0 fully saturated rings. The summed E-state index contributed by atoms with van der Waals surface area (Å²) in [5, 5.41) is 3.50. The van der Waals surface area contributed by atoms with Crippen LogP contribution in [0.5, 0.6) is 0 Å². The lowest BCUT2D eigenvalue weighted by atomic mass is 10.0. The molecule has 3 rings (SSSR count). The van der Waals surface area contributed by atoms with Crippen LogP contribution in [0.25, 0.3) is 0 Å². The van der Waals surface area contributed by atoms with E-state index >= 15 is 0 Å². The molecule has 1 unspecified atom stereocenters. The van der Waals surface area contributed by atoms with Crippen molar-refractivity contribution in [3.63, 3.8) is 0 Å². The predicted octanol–water partition coefficient (Wildman–Crippen LogP) is 4.12. The van der Waals surface area contributed by atoms with Gasteiger partial charge in [0.15, 0.2) is 0 Å². The molecular formula is C17H19BrN2. The normalized spacial score (nSPS) is 16.4. The molecule has 2 nitrogen and oxygen atoms in total. The summed E-state index contributed by atoms with van der Waals surface area (Å²) in [4.78, 5) is 2.50. The van der Waals surface area contributed by atoms with Crippen molar-refractivity contribution >= 4 is 21.6 Å². The van der Waals surface area contributed by atoms with Gasteiger partial charge in [0.1, 0.15) is 0 Å². The monoisotopic (exact) mass is 330 g/mol. The predicted molar refractivity (Wildman–Crippen MR) is 88.1 cm³/mol. The van der Waals surface area contributed by atoms with E-state index in [-0.39, 0.29) is 0 Å². The van der Waals surface area contributed by atoms with Gasteiger partial charge in [0.25, 0.3) is 0 Å². The van der Waals surface area contributed by atoms with Crippen molar-refractivity contribution in [2.75, 3.05) is 18.0 Å². The zero-order chi connectivity index (χ0) is 13.9. The van der Waals surface area contributed by atoms with Crippen molar-refractivity contribution < 1.29 is 0 Å². The van der Waals surface area contributed by atoms with E-state index in [4.69, 9.17) is 0 Å². The van der Waals surface area contributed by atoms with Crippen molar-refractivity contribution in [2.45, 2.75) is 19.5 Å². The van der Waals surface area contributed by atoms with Crippen LogP contribution in [0.15, 0.2) is 53.0 Å². The fourth-order valence-electron chi connectivity index (χ4n) is 2.83. The van der Waals surface area contributed by atoms with E-state index < -0.39 is 0 Å². The van der Waals surface area contributed by atoms with Gasteiger partial charge in [0.2, 0.25) is 0 Å². The van der Waals surface area contributed by atoms with Gasteiger partial charge >= 0.3 is 0 Å². The Bertz CT molecular complexity index is 597. The van der Waals surface area contributed by atoms with E-state index in [2.05, 4.69) is 81.6 Å². The summed E-state index contributed by atoms with van der Waals surface area (Å²) in [6.07, 6.45) is 0. The highest BCUT2D eigenvalue weighted by Gasteiger charge is 2.20. The Morgan fingerprint density at radius 3 is 2.85 bits per heavy atom. The zero-order valence-electron chi connectivity index (χ0n) is 11.6. The fourth-order valence-corrected chi connectivity index (χ4v) is 3.25. The molecule has 0 bridgehead atoms. The average Bonchev–Trinajstić information content (AvgIpc) is 2.69. The molecule has 104 valence electrons. The standard InChI is InChI=1S/C17H19BrN2/c1-13(14-6-4-7-16(18)11-14)20-10-9-19-12-15-5-2-3-8-17(15)20/h2-8,11,13,19H,9-10,12H2,1H3. The molecule has 1 atom stereocenters. The minimum Gasteiger partial charge on any atom is -0.363 e. The molecule has 1 aliphatic rings. The van der Waals surface area contributed by atoms with E-state index in [1.807, 2.05) is 0 Å². The summed E-state index contributed by atoms with van der Waals surface area (Å²) in [5.41, 5.74) is 4.08. The number of fused-ring (bicyclic) bond motifs is 1. The van der Waals surface area contributed by atoms with Gasteiger partial charge in [-0.3, -0.25) is 0 Å². The molecule has 0 saturated carbocycles. The third-order valence-corrected chi connectivity index (χ3v) is 4.44. The maximum absolute atomic E-state index is 3.57. The summed E-state index contributed by atoms with van der Waals surface area (Å²) in [6, 6.07) is 17.7. The van der Waals surface area contributed by atoms with Crippen LogP contribution in [-0.2, 0) is 6.54 Å². The van der Waals surface area contributed by atoms with E-state index in [9.17, 15) is 0 Å². The Labute approximate surface area is 128 Å². The molecule has 1 N–H and O–H groups in total. The van der Waals surface area contributed by atoms with Crippen LogP contribution in [0.3, 0.4) is 0 Å². The molecule has 0 saturated heterocycles. The maximum Gasteiger partial charge on any atom is 0.0515 e. The highest BCUT2D eigenvalue weighted by Crippen LogP contribution is 2.31. The lowest BCUT2D eigenvalue weighted by molar-refractivity contribution is 0.638. The van der Waals surface area contributed by atoms with Crippen LogP contribution >= 0.6 is 15.9 Å². The van der Waals surface area contributed by atoms with E-state index in [1.54, 1.807) is 0 Å². The maximum atomic E-state index is 3.57. The highest BCUT2D eigenvalue weighted by molar-refractivity contribution is 9.10. The molecule has 0 spiro atoms. The van der Waals surface area contributed by atoms with Crippen LogP contribution in [0.2, 0.25) is 0 Å². The lowest BCUT2D eigenvalue weighted by Crippen LogP contribution is -2.31. The molecular weight excluding hydrogens is 312 g/mol. The number of halogens is 1. The fraction of sp³-hybridized carbons (Fsp3) is 0.294. The number of hydrogen-bond donors (Lipinski definition) is 1. The number of nitrogens with zero attached hydrogens (tertiary/aromatic N) is 1. The number of hydrogen-bond acceptors (Lipinski definition) is 2. The molecule has 0 aliphatic carbocycles. The van der Waals surface area contributed by atoms with Gasteiger partial charge in [-0.2, -0.15) is 0 Å². The van der Waals surface area contributed by atoms with Crippen molar-refractivity contribution in [1.82, 2.24) is 5.32 Å². The van der Waals surface area contributed by atoms with E-state index in [0.29, 0.717) is 6.04 Å². The summed E-state index contributed by atoms with van der Waals surface area (Å²) in [5.74, 6) is 0. The third-order valence-electron chi connectivity index (χ3n) is 3.94. The first-order valence-corrected chi connectivity index (χ1v) is 7.86. The van der Waals surface area contributed by atoms with Crippen LogP contribution in [-0.4, -0.2) is 13.1 Å². The molecule has 0 aromatic heterocycles. The van der Waals surface area contributed by atoms with Gasteiger partial charge in [-0.05, 0) is 36.2 Å². The first kappa shape index (κ1) is 13.7. The smallest absolute Gasteiger partial charge is 0.0515 e. The number of anilines is 1. The Hall–Kier alpha value is -1.32. The molecule has 2 aromatic rings. The highest BCUT2D eigenvalue weighted by atomic mass is 79.9. The minimum absolute atomic E-state index is 0.369. The third kappa shape index (κ3) is 2.74. The summed E-state index contributed by atoms with van der Waals surface area (Å²) in [6.45, 7) is 5.29. The van der Waals surface area contributed by atoms with E-state index in [1.165, 1.54) is 16.8 Å².